The van der Waals surface area contributed by atoms with E-state index in [0.717, 1.165) is 5.69 Å². The molecule has 1 fully saturated rings. The van der Waals surface area contributed by atoms with Crippen molar-refractivity contribution in [3.05, 3.63) is 30.1 Å². The maximum Gasteiger partial charge on any atom is 0.326 e. The van der Waals surface area contributed by atoms with Gasteiger partial charge in [-0.1, -0.05) is 26.8 Å². The molecule has 1 aromatic heterocycles. The molecule has 1 aliphatic rings. The van der Waals surface area contributed by atoms with E-state index >= 15 is 0 Å². The molecule has 0 aromatic carbocycles. The van der Waals surface area contributed by atoms with Gasteiger partial charge in [-0.3, -0.25) is 4.98 Å². The minimum Gasteiger partial charge on any atom is -0.480 e. The zero-order valence-corrected chi connectivity index (χ0v) is 12.5. The summed E-state index contributed by atoms with van der Waals surface area (Å²) in [5, 5.41) is 11.8. The van der Waals surface area contributed by atoms with Gasteiger partial charge >= 0.3 is 12.0 Å². The Labute approximate surface area is 124 Å². The molecule has 1 aromatic rings. The molecule has 0 radical (unpaired) electrons. The van der Waals surface area contributed by atoms with Gasteiger partial charge in [0.05, 0.1) is 0 Å². The molecular weight excluding hydrogens is 270 g/mol. The van der Waals surface area contributed by atoms with Gasteiger partial charge in [-0.25, -0.2) is 9.59 Å². The molecule has 1 saturated heterocycles. The lowest BCUT2D eigenvalue weighted by atomic mass is 9.87. The van der Waals surface area contributed by atoms with Crippen molar-refractivity contribution in [2.24, 2.45) is 5.41 Å². The van der Waals surface area contributed by atoms with Crippen LogP contribution in [0.5, 0.6) is 0 Å². The van der Waals surface area contributed by atoms with Crippen LogP contribution in [0.3, 0.4) is 0 Å². The van der Waals surface area contributed by atoms with E-state index in [0.29, 0.717) is 13.1 Å². The summed E-state index contributed by atoms with van der Waals surface area (Å²) in [6.07, 6.45) is 1.73. The molecule has 6 nitrogen and oxygen atoms in total. The van der Waals surface area contributed by atoms with E-state index in [-0.39, 0.29) is 11.9 Å². The van der Waals surface area contributed by atoms with E-state index < -0.39 is 17.4 Å². The molecular formula is C15H21N3O3. The number of amides is 2. The molecule has 0 aliphatic carbocycles. The molecule has 2 rings (SSSR count). The first-order chi connectivity index (χ1) is 9.79. The Bertz CT molecular complexity index is 519. The van der Waals surface area contributed by atoms with Gasteiger partial charge in [0, 0.05) is 30.9 Å². The van der Waals surface area contributed by atoms with Gasteiger partial charge in [-0.05, 0) is 17.5 Å². The standard InChI is InChI=1S/C15H21N3O3/c1-15(2,3)12(13(19)20)17-14(21)18-8-10(9-18)11-6-4-5-7-16-11/h4-7,10,12H,8-9H2,1-3H3,(H,17,21)(H,19,20)/t12-/m1/s1. The Balaban J connectivity index is 1.90. The summed E-state index contributed by atoms with van der Waals surface area (Å²) in [5.74, 6) is -0.785. The number of carbonyl (C=O) groups excluding carboxylic acids is 1. The van der Waals surface area contributed by atoms with E-state index in [1.165, 1.54) is 0 Å². The van der Waals surface area contributed by atoms with Crippen molar-refractivity contribution in [2.45, 2.75) is 32.7 Å². The Morgan fingerprint density at radius 1 is 1.38 bits per heavy atom. The zero-order chi connectivity index (χ0) is 15.6. The number of hydrogen-bond acceptors (Lipinski definition) is 3. The molecule has 1 aliphatic heterocycles. The molecule has 21 heavy (non-hydrogen) atoms. The molecule has 2 heterocycles. The molecule has 0 saturated carbocycles. The SMILES string of the molecule is CC(C)(C)[C@H](NC(=O)N1CC(c2ccccn2)C1)C(=O)O. The van der Waals surface area contributed by atoms with Gasteiger partial charge in [0.25, 0.3) is 0 Å². The largest absolute Gasteiger partial charge is 0.480 e. The average Bonchev–Trinajstić information content (AvgIpc) is 2.33. The van der Waals surface area contributed by atoms with Crippen molar-refractivity contribution >= 4 is 12.0 Å². The summed E-state index contributed by atoms with van der Waals surface area (Å²) in [6, 6.07) is 4.48. The van der Waals surface area contributed by atoms with Crippen molar-refractivity contribution in [1.82, 2.24) is 15.2 Å². The van der Waals surface area contributed by atoms with Gasteiger partial charge in [0.1, 0.15) is 6.04 Å². The number of carbonyl (C=O) groups is 2. The molecule has 2 N–H and O–H groups in total. The summed E-state index contributed by atoms with van der Waals surface area (Å²) in [5.41, 5.74) is 0.430. The number of aliphatic carboxylic acids is 1. The van der Waals surface area contributed by atoms with Gasteiger partial charge in [-0.2, -0.15) is 0 Å². The van der Waals surface area contributed by atoms with Gasteiger partial charge < -0.3 is 15.3 Å². The second-order valence-electron chi connectivity index (χ2n) is 6.44. The quantitative estimate of drug-likeness (QED) is 0.887. The minimum atomic E-state index is -1.02. The Morgan fingerprint density at radius 3 is 2.52 bits per heavy atom. The molecule has 0 spiro atoms. The Kier molecular flexibility index (Phi) is 4.16. The summed E-state index contributed by atoms with van der Waals surface area (Å²) in [4.78, 5) is 29.2. The fourth-order valence-electron chi connectivity index (χ4n) is 2.31. The number of nitrogens with one attached hydrogen (secondary N) is 1. The predicted octanol–water partition coefficient (Wildman–Crippen LogP) is 1.69. The third-order valence-electron chi connectivity index (χ3n) is 3.66. The average molecular weight is 291 g/mol. The fourth-order valence-corrected chi connectivity index (χ4v) is 2.31. The Hall–Kier alpha value is -2.11. The van der Waals surface area contributed by atoms with Crippen LogP contribution in [-0.2, 0) is 4.79 Å². The van der Waals surface area contributed by atoms with E-state index in [1.807, 2.05) is 18.2 Å². The lowest BCUT2D eigenvalue weighted by Crippen LogP contribution is -2.58. The van der Waals surface area contributed by atoms with Crippen LogP contribution < -0.4 is 5.32 Å². The number of carboxylic acids is 1. The number of nitrogens with zero attached hydrogens (tertiary/aromatic N) is 2. The van der Waals surface area contributed by atoms with Gasteiger partial charge in [0.2, 0.25) is 0 Å². The highest BCUT2D eigenvalue weighted by Crippen LogP contribution is 2.26. The highest BCUT2D eigenvalue weighted by molar-refractivity contribution is 5.83. The second-order valence-corrected chi connectivity index (χ2v) is 6.44. The van der Waals surface area contributed by atoms with E-state index in [4.69, 9.17) is 0 Å². The van der Waals surface area contributed by atoms with E-state index in [2.05, 4.69) is 10.3 Å². The van der Waals surface area contributed by atoms with Crippen molar-refractivity contribution in [3.63, 3.8) is 0 Å². The smallest absolute Gasteiger partial charge is 0.326 e. The van der Waals surface area contributed by atoms with Crippen LogP contribution in [0.1, 0.15) is 32.4 Å². The van der Waals surface area contributed by atoms with Crippen LogP contribution in [0.4, 0.5) is 4.79 Å². The van der Waals surface area contributed by atoms with Crippen LogP contribution in [0.25, 0.3) is 0 Å². The molecule has 2 amide bonds. The number of hydrogen-bond donors (Lipinski definition) is 2. The van der Waals surface area contributed by atoms with Crippen molar-refractivity contribution in [2.75, 3.05) is 13.1 Å². The van der Waals surface area contributed by atoms with E-state index in [9.17, 15) is 14.7 Å². The number of urea groups is 1. The topological polar surface area (TPSA) is 82.5 Å². The lowest BCUT2D eigenvalue weighted by Gasteiger charge is -2.40. The number of likely N-dealkylation sites (tertiary alicyclic amines) is 1. The molecule has 0 unspecified atom stereocenters. The van der Waals surface area contributed by atoms with Crippen LogP contribution in [0, 0.1) is 5.41 Å². The van der Waals surface area contributed by atoms with Gasteiger partial charge in [0.15, 0.2) is 0 Å². The third-order valence-corrected chi connectivity index (χ3v) is 3.66. The lowest BCUT2D eigenvalue weighted by molar-refractivity contribution is -0.142. The maximum atomic E-state index is 12.1. The fraction of sp³-hybridized carbons (Fsp3) is 0.533. The highest BCUT2D eigenvalue weighted by Gasteiger charge is 2.37. The summed E-state index contributed by atoms with van der Waals surface area (Å²) >= 11 is 0. The second kappa shape index (κ2) is 5.71. The van der Waals surface area contributed by atoms with Gasteiger partial charge in [-0.15, -0.1) is 0 Å². The number of rotatable bonds is 3. The number of carboxylic acid groups (broad SMARTS) is 1. The van der Waals surface area contributed by atoms with Crippen LogP contribution in [-0.4, -0.2) is 46.1 Å². The Morgan fingerprint density at radius 2 is 2.05 bits per heavy atom. The van der Waals surface area contributed by atoms with Crippen LogP contribution in [0.15, 0.2) is 24.4 Å². The maximum absolute atomic E-state index is 12.1. The zero-order valence-electron chi connectivity index (χ0n) is 12.5. The molecule has 6 heteroatoms. The van der Waals surface area contributed by atoms with E-state index in [1.54, 1.807) is 31.9 Å². The van der Waals surface area contributed by atoms with Crippen LogP contribution in [0.2, 0.25) is 0 Å². The monoisotopic (exact) mass is 291 g/mol. The molecule has 114 valence electrons. The number of aromatic nitrogens is 1. The predicted molar refractivity (Wildman–Crippen MR) is 78.0 cm³/mol. The first kappa shape index (κ1) is 15.3. The summed E-state index contributed by atoms with van der Waals surface area (Å²) in [7, 11) is 0. The first-order valence-corrected chi connectivity index (χ1v) is 6.98. The summed E-state index contributed by atoms with van der Waals surface area (Å²) in [6.45, 7) is 6.51. The van der Waals surface area contributed by atoms with Crippen molar-refractivity contribution in [3.8, 4) is 0 Å². The van der Waals surface area contributed by atoms with Crippen molar-refractivity contribution < 1.29 is 14.7 Å². The van der Waals surface area contributed by atoms with Crippen LogP contribution >= 0.6 is 0 Å². The number of pyridine rings is 1. The first-order valence-electron chi connectivity index (χ1n) is 6.98. The highest BCUT2D eigenvalue weighted by atomic mass is 16.4. The van der Waals surface area contributed by atoms with Crippen molar-refractivity contribution in [1.29, 1.82) is 0 Å². The molecule has 1 atom stereocenters. The molecule has 0 bridgehead atoms. The minimum absolute atomic E-state index is 0.231. The summed E-state index contributed by atoms with van der Waals surface area (Å²) < 4.78 is 0. The third kappa shape index (κ3) is 3.51. The normalized spacial score (nSPS) is 17.0.